The van der Waals surface area contributed by atoms with Gasteiger partial charge < -0.3 is 14.2 Å². The van der Waals surface area contributed by atoms with Crippen LogP contribution in [0.1, 0.15) is 86.3 Å². The number of ether oxygens (including phenoxy) is 1. The molecule has 0 saturated heterocycles. The molecule has 0 amide bonds. The minimum Gasteiger partial charge on any atom is -0.459 e. The highest BCUT2D eigenvalue weighted by Crippen LogP contribution is 2.47. The molecule has 1 unspecified atom stereocenters. The third kappa shape index (κ3) is 7.90. The number of nitrogens with zero attached hydrogens (tertiary/aromatic N) is 5. The molecule has 1 aliphatic rings. The lowest BCUT2D eigenvalue weighted by atomic mass is 9.80. The molecule has 4 heterocycles. The molecular formula is C68H61N5O. The second-order valence-electron chi connectivity index (χ2n) is 22.4. The topological polar surface area (TPSA) is 39.6 Å². The molecule has 11 aromatic rings. The number of pyridine rings is 1. The number of fused-ring (bicyclic) bond motifs is 10. The average Bonchev–Trinajstić information content (AvgIpc) is 3.98. The minimum atomic E-state index is -0.817. The third-order valence-electron chi connectivity index (χ3n) is 15.4. The highest BCUT2D eigenvalue weighted by Gasteiger charge is 2.28. The van der Waals surface area contributed by atoms with Crippen LogP contribution in [0.5, 0.6) is 11.5 Å². The van der Waals surface area contributed by atoms with Crippen LogP contribution in [0.25, 0.3) is 86.9 Å². The van der Waals surface area contributed by atoms with Gasteiger partial charge in [-0.2, -0.15) is 0 Å². The summed E-state index contributed by atoms with van der Waals surface area (Å²) in [4.78, 5) is 11.3. The highest BCUT2D eigenvalue weighted by molar-refractivity contribution is 6.22. The standard InChI is InChI=1S/C68H61N5O/c1-42(2)43(3)44-33-45(35-47(34-44)68(7,8)9)52-24-17-25-59-55-21-13-11-19-53(55)54-20-12-14-22-56(54)60-26-18-28-62-66(60)72(65(52)59)41-71(62)49-37-48(69-10)38-51(39-49)74-50-29-30-58-57-23-15-16-27-61(57)73(63(58)40-50)64-36-46(31-32-70-64)67(4,5)6/h11-40,42-43H,41H2,1-9H3/i43D. The summed E-state index contributed by atoms with van der Waals surface area (Å²) in [6.45, 7) is 28.7. The fourth-order valence-electron chi connectivity index (χ4n) is 11.2. The predicted octanol–water partition coefficient (Wildman–Crippen LogP) is 19.2. The van der Waals surface area contributed by atoms with E-state index in [-0.39, 0.29) is 16.7 Å². The Morgan fingerprint density at radius 1 is 0.568 bits per heavy atom. The van der Waals surface area contributed by atoms with Gasteiger partial charge in [0, 0.05) is 52.5 Å². The van der Waals surface area contributed by atoms with Gasteiger partial charge in [0.2, 0.25) is 0 Å². The van der Waals surface area contributed by atoms with Crippen LogP contribution in [0, 0.1) is 12.5 Å². The molecule has 0 fully saturated rings. The molecule has 1 atom stereocenters. The van der Waals surface area contributed by atoms with Gasteiger partial charge in [-0.15, -0.1) is 0 Å². The second-order valence-corrected chi connectivity index (χ2v) is 22.4. The molecular weight excluding hydrogens is 903 g/mol. The van der Waals surface area contributed by atoms with Gasteiger partial charge in [-0.05, 0) is 115 Å². The Kier molecular flexibility index (Phi) is 10.9. The summed E-state index contributed by atoms with van der Waals surface area (Å²) in [5, 5.41) is 9.11. The van der Waals surface area contributed by atoms with Gasteiger partial charge in [-0.25, -0.2) is 9.83 Å². The maximum atomic E-state index is 9.74. The third-order valence-corrected chi connectivity index (χ3v) is 15.4. The van der Waals surface area contributed by atoms with E-state index < -0.39 is 5.89 Å². The van der Waals surface area contributed by atoms with E-state index in [1.807, 2.05) is 24.4 Å². The molecule has 6 nitrogen and oxygen atoms in total. The van der Waals surface area contributed by atoms with Crippen LogP contribution < -0.4 is 9.64 Å². The average molecular weight is 965 g/mol. The summed E-state index contributed by atoms with van der Waals surface area (Å²) >= 11 is 0. The monoisotopic (exact) mass is 964 g/mol. The lowest BCUT2D eigenvalue weighted by molar-refractivity contribution is 0.483. The smallest absolute Gasteiger partial charge is 0.192 e. The summed E-state index contributed by atoms with van der Waals surface area (Å²) in [5.74, 6) is 1.36. The van der Waals surface area contributed by atoms with Gasteiger partial charge in [-0.1, -0.05) is 178 Å². The molecule has 0 N–H and O–H groups in total. The summed E-state index contributed by atoms with van der Waals surface area (Å²) in [6, 6.07) is 62.7. The molecule has 0 spiro atoms. The SMILES string of the molecule is [2H]C(C)(c1cc(-c2cccc3c4ccccc4c4ccccc4c4cccc5c4n(c23)CN5c2cc([N+]#[C-])cc(Oc3ccc4c5ccccc5n(-c5cc(C(C)(C)C)ccn5)c4c3)c2)cc(C(C)(C)C)c1)C(C)C. The Balaban J connectivity index is 1.08. The Labute approximate surface area is 435 Å². The number of hydrogen-bond donors (Lipinski definition) is 0. The van der Waals surface area contributed by atoms with E-state index in [0.29, 0.717) is 23.9 Å². The number of anilines is 2. The zero-order valence-corrected chi connectivity index (χ0v) is 43.7. The van der Waals surface area contributed by atoms with Crippen LogP contribution in [0.2, 0.25) is 0 Å². The van der Waals surface area contributed by atoms with E-state index >= 15 is 0 Å². The van der Waals surface area contributed by atoms with Gasteiger partial charge >= 0.3 is 0 Å². The molecule has 74 heavy (non-hydrogen) atoms. The molecule has 0 aliphatic carbocycles. The van der Waals surface area contributed by atoms with Crippen molar-refractivity contribution < 1.29 is 6.11 Å². The van der Waals surface area contributed by atoms with E-state index in [1.54, 1.807) is 0 Å². The van der Waals surface area contributed by atoms with E-state index in [2.05, 4.69) is 239 Å². The highest BCUT2D eigenvalue weighted by atomic mass is 16.5. The maximum absolute atomic E-state index is 9.74. The van der Waals surface area contributed by atoms with Gasteiger partial charge in [0.15, 0.2) is 5.69 Å². The molecule has 0 bridgehead atoms. The maximum Gasteiger partial charge on any atom is 0.192 e. The number of hydrogen-bond acceptors (Lipinski definition) is 3. The molecule has 6 heteroatoms. The number of para-hydroxylation sites is 3. The first kappa shape index (κ1) is 45.5. The van der Waals surface area contributed by atoms with E-state index in [0.717, 1.165) is 93.7 Å². The van der Waals surface area contributed by atoms with Gasteiger partial charge in [0.1, 0.15) is 24.0 Å². The summed E-state index contributed by atoms with van der Waals surface area (Å²) in [6.07, 6.45) is 1.90. The van der Waals surface area contributed by atoms with Crippen LogP contribution in [-0.4, -0.2) is 14.1 Å². The molecule has 12 rings (SSSR count). The van der Waals surface area contributed by atoms with E-state index in [9.17, 15) is 1.37 Å². The van der Waals surface area contributed by atoms with Crippen LogP contribution in [-0.2, 0) is 17.5 Å². The minimum absolute atomic E-state index is 0.0532. The first-order chi connectivity index (χ1) is 36.0. The van der Waals surface area contributed by atoms with Crippen molar-refractivity contribution in [2.75, 3.05) is 4.90 Å². The van der Waals surface area contributed by atoms with Crippen molar-refractivity contribution in [2.45, 2.75) is 85.7 Å². The lowest BCUT2D eigenvalue weighted by Gasteiger charge is -2.25. The number of benzene rings is 8. The van der Waals surface area contributed by atoms with Crippen molar-refractivity contribution >= 4 is 82.2 Å². The van der Waals surface area contributed by atoms with Crippen molar-refractivity contribution in [3.8, 4) is 28.4 Å². The largest absolute Gasteiger partial charge is 0.459 e. The molecule has 0 saturated carbocycles. The lowest BCUT2D eigenvalue weighted by Crippen LogP contribution is -2.15. The molecule has 364 valence electrons. The Morgan fingerprint density at radius 2 is 1.19 bits per heavy atom. The first-order valence-electron chi connectivity index (χ1n) is 26.3. The van der Waals surface area contributed by atoms with Crippen molar-refractivity contribution in [3.05, 3.63) is 210 Å². The summed E-state index contributed by atoms with van der Waals surface area (Å²) < 4.78 is 21.4. The van der Waals surface area contributed by atoms with Gasteiger partial charge in [-0.3, -0.25) is 4.57 Å². The molecule has 1 aliphatic heterocycles. The quantitative estimate of drug-likeness (QED) is 0.149. The molecule has 3 aromatic heterocycles. The van der Waals surface area contributed by atoms with Crippen molar-refractivity contribution in [3.63, 3.8) is 0 Å². The fraction of sp³-hybridized carbons (Fsp3) is 0.206. The van der Waals surface area contributed by atoms with Crippen LogP contribution in [0.4, 0.5) is 17.1 Å². The summed E-state index contributed by atoms with van der Waals surface area (Å²) in [5.41, 5.74) is 12.0. The summed E-state index contributed by atoms with van der Waals surface area (Å²) in [7, 11) is 0. The van der Waals surface area contributed by atoms with Crippen LogP contribution >= 0.6 is 0 Å². The van der Waals surface area contributed by atoms with Crippen molar-refractivity contribution in [1.82, 2.24) is 14.1 Å². The molecule has 0 radical (unpaired) electrons. The van der Waals surface area contributed by atoms with Gasteiger partial charge in [0.25, 0.3) is 0 Å². The normalized spacial score (nSPS) is 13.8. The van der Waals surface area contributed by atoms with Gasteiger partial charge in [0.05, 0.1) is 34.3 Å². The fourth-order valence-corrected chi connectivity index (χ4v) is 11.2. The zero-order valence-electron chi connectivity index (χ0n) is 44.7. The first-order valence-corrected chi connectivity index (χ1v) is 25.8. The number of rotatable bonds is 7. The Bertz CT molecular complexity index is 4250. The molecule has 8 aromatic carbocycles. The Morgan fingerprint density at radius 3 is 1.86 bits per heavy atom. The zero-order chi connectivity index (χ0) is 52.1. The van der Waals surface area contributed by atoms with Crippen molar-refractivity contribution in [2.24, 2.45) is 5.92 Å². The number of aromatic nitrogens is 3. The Hall–Kier alpha value is -8.40. The van der Waals surface area contributed by atoms with E-state index in [4.69, 9.17) is 16.3 Å². The van der Waals surface area contributed by atoms with Crippen LogP contribution in [0.15, 0.2) is 182 Å². The second kappa shape index (κ2) is 17.7. The van der Waals surface area contributed by atoms with E-state index in [1.165, 1.54) is 16.5 Å². The van der Waals surface area contributed by atoms with Crippen LogP contribution in [0.3, 0.4) is 0 Å². The predicted molar refractivity (Wildman–Crippen MR) is 312 cm³/mol. The van der Waals surface area contributed by atoms with Crippen molar-refractivity contribution in [1.29, 1.82) is 0 Å².